The smallest absolute Gasteiger partial charge is 0.224 e. The maximum Gasteiger partial charge on any atom is 0.224 e. The van der Waals surface area contributed by atoms with Gasteiger partial charge >= 0.3 is 0 Å². The summed E-state index contributed by atoms with van der Waals surface area (Å²) in [5, 5.41) is 2.88. The first-order valence-electron chi connectivity index (χ1n) is 8.74. The van der Waals surface area contributed by atoms with Crippen LogP contribution in [0.3, 0.4) is 0 Å². The zero-order valence-corrected chi connectivity index (χ0v) is 15.1. The third-order valence-corrected chi connectivity index (χ3v) is 4.03. The van der Waals surface area contributed by atoms with Crippen molar-refractivity contribution in [2.75, 3.05) is 11.9 Å². The highest BCUT2D eigenvalue weighted by Crippen LogP contribution is 2.15. The fraction of sp³-hybridized carbons (Fsp3) is 0.190. The van der Waals surface area contributed by atoms with Crippen molar-refractivity contribution < 1.29 is 14.3 Å². The lowest BCUT2D eigenvalue weighted by Gasteiger charge is -2.08. The van der Waals surface area contributed by atoms with Gasteiger partial charge in [0, 0.05) is 35.8 Å². The van der Waals surface area contributed by atoms with Crippen LogP contribution in [0.1, 0.15) is 30.1 Å². The molecule has 0 bridgehead atoms. The van der Waals surface area contributed by atoms with E-state index in [1.165, 1.54) is 6.92 Å². The zero-order valence-electron chi connectivity index (χ0n) is 15.1. The van der Waals surface area contributed by atoms with Crippen LogP contribution in [0, 0.1) is 0 Å². The molecule has 0 saturated heterocycles. The molecule has 0 atom stereocenters. The number of hydrogen-bond donors (Lipinski definition) is 1. The van der Waals surface area contributed by atoms with Crippen LogP contribution in [-0.2, 0) is 4.79 Å². The quantitative estimate of drug-likeness (QED) is 0.487. The van der Waals surface area contributed by atoms with Gasteiger partial charge in [0.2, 0.25) is 5.91 Å². The third-order valence-electron chi connectivity index (χ3n) is 4.03. The summed E-state index contributed by atoms with van der Waals surface area (Å²) in [4.78, 5) is 27.3. The lowest BCUT2D eigenvalue weighted by Crippen LogP contribution is -2.12. The van der Waals surface area contributed by atoms with Crippen LogP contribution < -0.4 is 10.1 Å². The molecule has 0 fully saturated rings. The number of benzene rings is 2. The van der Waals surface area contributed by atoms with E-state index in [2.05, 4.69) is 10.3 Å². The summed E-state index contributed by atoms with van der Waals surface area (Å²) in [6.07, 6.45) is 6.28. The second-order valence-electron chi connectivity index (χ2n) is 6.10. The highest BCUT2D eigenvalue weighted by Gasteiger charge is 2.04. The number of Topliss-reactive ketones (excluding diaryl/α,β-unsaturated/α-hetero) is 1. The molecule has 1 heterocycles. The highest BCUT2D eigenvalue weighted by molar-refractivity contribution is 5.94. The minimum Gasteiger partial charge on any atom is -0.494 e. The van der Waals surface area contributed by atoms with Crippen LogP contribution in [-0.4, -0.2) is 27.8 Å². The van der Waals surface area contributed by atoms with Crippen LogP contribution >= 0.6 is 0 Å². The van der Waals surface area contributed by atoms with Crippen LogP contribution in [0.25, 0.3) is 5.69 Å². The molecule has 0 saturated carbocycles. The first-order valence-corrected chi connectivity index (χ1v) is 8.74. The minimum absolute atomic E-state index is 0.0243. The van der Waals surface area contributed by atoms with Gasteiger partial charge in [0.05, 0.1) is 12.9 Å². The van der Waals surface area contributed by atoms with Gasteiger partial charge in [-0.05, 0) is 61.9 Å². The van der Waals surface area contributed by atoms with Gasteiger partial charge in [0.15, 0.2) is 5.78 Å². The molecule has 27 heavy (non-hydrogen) atoms. The molecule has 1 N–H and O–H groups in total. The number of nitrogens with one attached hydrogen (secondary N) is 1. The number of ether oxygens (including phenoxy) is 1. The molecule has 2 aromatic carbocycles. The van der Waals surface area contributed by atoms with Crippen molar-refractivity contribution in [2.45, 2.75) is 19.8 Å². The SMILES string of the molecule is CC(=O)c1ccc(OCCCC(=O)Nc2ccc(-n3ccnc3)cc2)cc1. The average Bonchev–Trinajstić information content (AvgIpc) is 3.21. The number of rotatable bonds is 8. The number of anilines is 1. The Morgan fingerprint density at radius 1 is 1.07 bits per heavy atom. The Kier molecular flexibility index (Phi) is 5.99. The number of nitrogens with zero attached hydrogens (tertiary/aromatic N) is 2. The Labute approximate surface area is 157 Å². The van der Waals surface area contributed by atoms with Crippen molar-refractivity contribution in [1.82, 2.24) is 9.55 Å². The number of ketones is 1. The van der Waals surface area contributed by atoms with E-state index in [-0.39, 0.29) is 11.7 Å². The minimum atomic E-state index is -0.0547. The van der Waals surface area contributed by atoms with Crippen molar-refractivity contribution >= 4 is 17.4 Å². The van der Waals surface area contributed by atoms with E-state index in [4.69, 9.17) is 4.74 Å². The lowest BCUT2D eigenvalue weighted by molar-refractivity contribution is -0.116. The number of amides is 1. The van der Waals surface area contributed by atoms with E-state index in [1.54, 1.807) is 36.8 Å². The Balaban J connectivity index is 1.40. The van der Waals surface area contributed by atoms with Crippen molar-refractivity contribution in [3.05, 3.63) is 72.8 Å². The van der Waals surface area contributed by atoms with Gasteiger partial charge in [-0.1, -0.05) is 0 Å². The normalized spacial score (nSPS) is 10.4. The van der Waals surface area contributed by atoms with Crippen molar-refractivity contribution in [3.63, 3.8) is 0 Å². The fourth-order valence-corrected chi connectivity index (χ4v) is 2.56. The van der Waals surface area contributed by atoms with Gasteiger partial charge in [-0.2, -0.15) is 0 Å². The van der Waals surface area contributed by atoms with Gasteiger partial charge in [-0.15, -0.1) is 0 Å². The van der Waals surface area contributed by atoms with Crippen LogP contribution in [0.15, 0.2) is 67.3 Å². The molecule has 6 heteroatoms. The average molecular weight is 363 g/mol. The van der Waals surface area contributed by atoms with Gasteiger partial charge in [-0.25, -0.2) is 4.98 Å². The Morgan fingerprint density at radius 2 is 1.81 bits per heavy atom. The van der Waals surface area contributed by atoms with Gasteiger partial charge in [0.1, 0.15) is 5.75 Å². The van der Waals surface area contributed by atoms with Crippen molar-refractivity contribution in [3.8, 4) is 11.4 Å². The molecule has 0 radical (unpaired) electrons. The maximum absolute atomic E-state index is 12.0. The van der Waals surface area contributed by atoms with Crippen LogP contribution in [0.4, 0.5) is 5.69 Å². The lowest BCUT2D eigenvalue weighted by atomic mass is 10.1. The summed E-state index contributed by atoms with van der Waals surface area (Å²) in [5.74, 6) is 0.660. The predicted octanol–water partition coefficient (Wildman–Crippen LogP) is 3.87. The molecule has 0 unspecified atom stereocenters. The predicted molar refractivity (Wildman–Crippen MR) is 103 cm³/mol. The first-order chi connectivity index (χ1) is 13.1. The summed E-state index contributed by atoms with van der Waals surface area (Å²) in [7, 11) is 0. The molecule has 6 nitrogen and oxygen atoms in total. The van der Waals surface area contributed by atoms with E-state index >= 15 is 0 Å². The molecule has 3 rings (SSSR count). The van der Waals surface area contributed by atoms with Gasteiger partial charge < -0.3 is 14.6 Å². The summed E-state index contributed by atoms with van der Waals surface area (Å²) >= 11 is 0. The van der Waals surface area contributed by atoms with Crippen molar-refractivity contribution in [2.24, 2.45) is 0 Å². The second kappa shape index (κ2) is 8.80. The Morgan fingerprint density at radius 3 is 2.44 bits per heavy atom. The molecule has 0 aliphatic rings. The summed E-state index contributed by atoms with van der Waals surface area (Å²) in [6.45, 7) is 1.96. The van der Waals surface area contributed by atoms with Gasteiger partial charge in [-0.3, -0.25) is 9.59 Å². The standard InChI is InChI=1S/C21H21N3O3/c1-16(25)17-4-10-20(11-5-17)27-14-2-3-21(26)23-18-6-8-19(9-7-18)24-13-12-22-15-24/h4-13,15H,2-3,14H2,1H3,(H,23,26). The van der Waals surface area contributed by atoms with E-state index in [0.29, 0.717) is 30.8 Å². The largest absolute Gasteiger partial charge is 0.494 e. The number of carbonyl (C=O) groups excluding carboxylic acids is 2. The van der Waals surface area contributed by atoms with Crippen molar-refractivity contribution in [1.29, 1.82) is 0 Å². The topological polar surface area (TPSA) is 73.2 Å². The summed E-state index contributed by atoms with van der Waals surface area (Å²) in [5.41, 5.74) is 2.39. The number of carbonyl (C=O) groups is 2. The first kappa shape index (κ1) is 18.4. The Hall–Kier alpha value is -3.41. The molecular formula is C21H21N3O3. The maximum atomic E-state index is 12.0. The van der Waals surface area contributed by atoms with Gasteiger partial charge in [0.25, 0.3) is 0 Å². The zero-order chi connectivity index (χ0) is 19.1. The number of imidazole rings is 1. The number of aromatic nitrogens is 2. The summed E-state index contributed by atoms with van der Waals surface area (Å²) < 4.78 is 7.49. The van der Waals surface area contributed by atoms with Crippen LogP contribution in [0.2, 0.25) is 0 Å². The molecule has 0 aliphatic carbocycles. The molecule has 1 amide bonds. The molecule has 1 aromatic heterocycles. The third kappa shape index (κ3) is 5.28. The number of hydrogen-bond acceptors (Lipinski definition) is 4. The molecule has 138 valence electrons. The fourth-order valence-electron chi connectivity index (χ4n) is 2.56. The van der Waals surface area contributed by atoms with E-state index in [0.717, 1.165) is 11.4 Å². The molecule has 3 aromatic rings. The summed E-state index contributed by atoms with van der Waals surface area (Å²) in [6, 6.07) is 14.6. The van der Waals surface area contributed by atoms with E-state index < -0.39 is 0 Å². The highest BCUT2D eigenvalue weighted by atomic mass is 16.5. The second-order valence-corrected chi connectivity index (χ2v) is 6.10. The van der Waals surface area contributed by atoms with E-state index in [9.17, 15) is 9.59 Å². The molecule has 0 spiro atoms. The van der Waals surface area contributed by atoms with E-state index in [1.807, 2.05) is 35.0 Å². The molecular weight excluding hydrogens is 342 g/mol. The monoisotopic (exact) mass is 363 g/mol. The Bertz CT molecular complexity index is 885. The van der Waals surface area contributed by atoms with Crippen LogP contribution in [0.5, 0.6) is 5.75 Å². The molecule has 0 aliphatic heterocycles.